The van der Waals surface area contributed by atoms with Crippen molar-refractivity contribution >= 4 is 0 Å². The summed E-state index contributed by atoms with van der Waals surface area (Å²) in [6, 6.07) is 10.4. The van der Waals surface area contributed by atoms with Crippen molar-refractivity contribution in [3.05, 3.63) is 47.3 Å². The van der Waals surface area contributed by atoms with Gasteiger partial charge in [-0.25, -0.2) is 4.68 Å². The van der Waals surface area contributed by atoms with Crippen molar-refractivity contribution in [3.8, 4) is 0 Å². The Morgan fingerprint density at radius 3 is 2.65 bits per heavy atom. The minimum atomic E-state index is 0.110. The quantitative estimate of drug-likeness (QED) is 0.871. The molecular weight excluding hydrogens is 214 g/mol. The van der Waals surface area contributed by atoms with E-state index in [1.165, 1.54) is 5.56 Å². The van der Waals surface area contributed by atoms with Crippen molar-refractivity contribution in [2.75, 3.05) is 6.61 Å². The van der Waals surface area contributed by atoms with Crippen LogP contribution >= 0.6 is 0 Å². The summed E-state index contributed by atoms with van der Waals surface area (Å²) in [6.45, 7) is 4.20. The van der Waals surface area contributed by atoms with Gasteiger partial charge in [-0.15, -0.1) is 5.10 Å². The molecule has 17 heavy (non-hydrogen) atoms. The van der Waals surface area contributed by atoms with Gasteiger partial charge in [0.2, 0.25) is 0 Å². The first kappa shape index (κ1) is 11.8. The van der Waals surface area contributed by atoms with Crippen molar-refractivity contribution in [1.82, 2.24) is 15.0 Å². The predicted molar refractivity (Wildman–Crippen MR) is 65.8 cm³/mol. The zero-order valence-corrected chi connectivity index (χ0v) is 10.2. The second kappa shape index (κ2) is 5.10. The summed E-state index contributed by atoms with van der Waals surface area (Å²) in [5.74, 6) is 0. The van der Waals surface area contributed by atoms with Crippen LogP contribution in [-0.2, 0) is 6.42 Å². The number of nitrogens with zero attached hydrogens (tertiary/aromatic N) is 3. The lowest BCUT2D eigenvalue weighted by atomic mass is 10.1. The van der Waals surface area contributed by atoms with Crippen LogP contribution in [0.4, 0.5) is 0 Å². The summed E-state index contributed by atoms with van der Waals surface area (Å²) in [6.07, 6.45) is 0.563. The van der Waals surface area contributed by atoms with E-state index in [0.717, 1.165) is 11.4 Å². The normalized spacial score (nSPS) is 12.6. The van der Waals surface area contributed by atoms with Crippen LogP contribution in [0.2, 0.25) is 0 Å². The van der Waals surface area contributed by atoms with Gasteiger partial charge in [-0.1, -0.05) is 35.5 Å². The maximum atomic E-state index is 8.93. The monoisotopic (exact) mass is 231 g/mol. The number of aromatic nitrogens is 3. The lowest BCUT2D eigenvalue weighted by molar-refractivity contribution is 0.298. The maximum Gasteiger partial charge on any atom is 0.0879 e. The van der Waals surface area contributed by atoms with Gasteiger partial charge in [-0.3, -0.25) is 0 Å². The van der Waals surface area contributed by atoms with E-state index in [1.807, 2.05) is 29.8 Å². The highest BCUT2D eigenvalue weighted by Gasteiger charge is 2.14. The third kappa shape index (κ3) is 2.36. The number of aliphatic hydroxyl groups excluding tert-OH is 1. The fourth-order valence-corrected chi connectivity index (χ4v) is 1.95. The van der Waals surface area contributed by atoms with E-state index in [1.54, 1.807) is 0 Å². The molecule has 2 aromatic rings. The predicted octanol–water partition coefficient (Wildman–Crippen LogP) is 1.73. The first-order valence-corrected chi connectivity index (χ1v) is 5.80. The Kier molecular flexibility index (Phi) is 3.54. The first-order chi connectivity index (χ1) is 8.24. The Labute approximate surface area is 101 Å². The van der Waals surface area contributed by atoms with Crippen LogP contribution in [0, 0.1) is 6.92 Å². The van der Waals surface area contributed by atoms with Crippen molar-refractivity contribution in [3.63, 3.8) is 0 Å². The van der Waals surface area contributed by atoms with Crippen LogP contribution in [0.15, 0.2) is 30.3 Å². The van der Waals surface area contributed by atoms with Gasteiger partial charge < -0.3 is 5.11 Å². The lowest BCUT2D eigenvalue weighted by Crippen LogP contribution is -2.10. The fourth-order valence-electron chi connectivity index (χ4n) is 1.95. The van der Waals surface area contributed by atoms with Gasteiger partial charge in [-0.2, -0.15) is 0 Å². The van der Waals surface area contributed by atoms with E-state index in [9.17, 15) is 0 Å². The van der Waals surface area contributed by atoms with Gasteiger partial charge >= 0.3 is 0 Å². The molecule has 0 spiro atoms. The topological polar surface area (TPSA) is 50.9 Å². The Morgan fingerprint density at radius 1 is 1.29 bits per heavy atom. The summed E-state index contributed by atoms with van der Waals surface area (Å²) in [5.41, 5.74) is 3.10. The maximum absolute atomic E-state index is 8.93. The van der Waals surface area contributed by atoms with Gasteiger partial charge in [0.15, 0.2) is 0 Å². The molecule has 4 nitrogen and oxygen atoms in total. The van der Waals surface area contributed by atoms with Gasteiger partial charge in [0, 0.05) is 13.0 Å². The molecule has 0 fully saturated rings. The number of rotatable bonds is 4. The number of benzene rings is 1. The van der Waals surface area contributed by atoms with Crippen molar-refractivity contribution in [2.24, 2.45) is 0 Å². The van der Waals surface area contributed by atoms with Crippen molar-refractivity contribution in [1.29, 1.82) is 0 Å². The van der Waals surface area contributed by atoms with Crippen LogP contribution in [0.25, 0.3) is 0 Å². The van der Waals surface area contributed by atoms with Gasteiger partial charge in [0.05, 0.1) is 17.4 Å². The zero-order valence-electron chi connectivity index (χ0n) is 10.2. The molecule has 1 N–H and O–H groups in total. The second-order valence-corrected chi connectivity index (χ2v) is 4.13. The minimum Gasteiger partial charge on any atom is -0.396 e. The molecule has 0 aliphatic carbocycles. The lowest BCUT2D eigenvalue weighted by Gasteiger charge is -2.13. The fraction of sp³-hybridized carbons (Fsp3) is 0.385. The van der Waals surface area contributed by atoms with Crippen molar-refractivity contribution in [2.45, 2.75) is 26.3 Å². The molecule has 0 aliphatic heterocycles. The van der Waals surface area contributed by atoms with E-state index in [4.69, 9.17) is 5.11 Å². The Bertz CT molecular complexity index is 479. The molecule has 2 rings (SSSR count). The first-order valence-electron chi connectivity index (χ1n) is 5.80. The van der Waals surface area contributed by atoms with E-state index in [0.29, 0.717) is 6.42 Å². The molecule has 0 radical (unpaired) electrons. The molecule has 0 amide bonds. The van der Waals surface area contributed by atoms with Crippen LogP contribution in [0.1, 0.15) is 29.9 Å². The third-order valence-electron chi connectivity index (χ3n) is 3.02. The molecule has 1 unspecified atom stereocenters. The minimum absolute atomic E-state index is 0.110. The van der Waals surface area contributed by atoms with Crippen LogP contribution in [0.3, 0.4) is 0 Å². The van der Waals surface area contributed by atoms with E-state index < -0.39 is 0 Å². The van der Waals surface area contributed by atoms with Crippen molar-refractivity contribution < 1.29 is 5.11 Å². The standard InChI is InChI=1S/C13H17N3O/c1-10(12-6-4-3-5-7-12)16-11(2)13(8-9-17)14-15-16/h3-7,10,17H,8-9H2,1-2H3. The van der Waals surface area contributed by atoms with E-state index >= 15 is 0 Å². The summed E-state index contributed by atoms with van der Waals surface area (Å²) < 4.78 is 1.90. The number of hydrogen-bond acceptors (Lipinski definition) is 3. The van der Waals surface area contributed by atoms with Crippen LogP contribution < -0.4 is 0 Å². The summed E-state index contributed by atoms with van der Waals surface area (Å²) in [4.78, 5) is 0. The molecule has 0 aliphatic rings. The third-order valence-corrected chi connectivity index (χ3v) is 3.02. The molecule has 90 valence electrons. The highest BCUT2D eigenvalue weighted by molar-refractivity contribution is 5.20. The highest BCUT2D eigenvalue weighted by Crippen LogP contribution is 2.19. The Hall–Kier alpha value is -1.68. The average Bonchev–Trinajstić information content (AvgIpc) is 2.72. The SMILES string of the molecule is Cc1c(CCO)nnn1C(C)c1ccccc1. The largest absolute Gasteiger partial charge is 0.396 e. The van der Waals surface area contributed by atoms with Gasteiger partial charge in [0.1, 0.15) is 0 Å². The smallest absolute Gasteiger partial charge is 0.0879 e. The highest BCUT2D eigenvalue weighted by atomic mass is 16.3. The zero-order chi connectivity index (χ0) is 12.3. The number of aliphatic hydroxyl groups is 1. The average molecular weight is 231 g/mol. The Balaban J connectivity index is 2.28. The van der Waals surface area contributed by atoms with Gasteiger partial charge in [0.25, 0.3) is 0 Å². The summed E-state index contributed by atoms with van der Waals surface area (Å²) >= 11 is 0. The second-order valence-electron chi connectivity index (χ2n) is 4.13. The number of hydrogen-bond donors (Lipinski definition) is 1. The van der Waals surface area contributed by atoms with Crippen LogP contribution in [0.5, 0.6) is 0 Å². The molecule has 1 atom stereocenters. The summed E-state index contributed by atoms with van der Waals surface area (Å²) in [5, 5.41) is 17.2. The van der Waals surface area contributed by atoms with E-state index in [-0.39, 0.29) is 12.6 Å². The molecular formula is C13H17N3O. The molecule has 4 heteroatoms. The molecule has 0 saturated carbocycles. The molecule has 0 saturated heterocycles. The molecule has 1 heterocycles. The molecule has 0 bridgehead atoms. The molecule has 1 aromatic carbocycles. The summed E-state index contributed by atoms with van der Waals surface area (Å²) in [7, 11) is 0. The van der Waals surface area contributed by atoms with Gasteiger partial charge in [-0.05, 0) is 19.4 Å². The van der Waals surface area contributed by atoms with E-state index in [2.05, 4.69) is 29.4 Å². The Morgan fingerprint density at radius 2 is 2.00 bits per heavy atom. The molecule has 1 aromatic heterocycles. The van der Waals surface area contributed by atoms with Crippen LogP contribution in [-0.4, -0.2) is 26.7 Å².